The molecule has 1 aromatic carbocycles. The van der Waals surface area contributed by atoms with Crippen LogP contribution in [0.4, 0.5) is 5.69 Å². The number of nitrogens with zero attached hydrogens (tertiary/aromatic N) is 2. The Labute approximate surface area is 194 Å². The first-order chi connectivity index (χ1) is 13.4. The second-order valence-corrected chi connectivity index (χ2v) is 7.11. The summed E-state index contributed by atoms with van der Waals surface area (Å²) in [5, 5.41) is 13.8. The Balaban J connectivity index is 0.00000420. The number of carbonyl (C=O) groups is 1. The molecule has 0 saturated carbocycles. The lowest BCUT2D eigenvalue weighted by Gasteiger charge is -2.12. The van der Waals surface area contributed by atoms with Gasteiger partial charge in [-0.1, -0.05) is 36.7 Å². The summed E-state index contributed by atoms with van der Waals surface area (Å²) in [6, 6.07) is 7.36. The largest absolute Gasteiger partial charge is 0.359 e. The number of benzene rings is 1. The fraction of sp³-hybridized carbons (Fsp3) is 0.450. The van der Waals surface area contributed by atoms with E-state index in [1.165, 1.54) is 0 Å². The van der Waals surface area contributed by atoms with Crippen LogP contribution in [-0.2, 0) is 11.3 Å². The number of aromatic nitrogens is 1. The van der Waals surface area contributed by atoms with E-state index >= 15 is 0 Å². The predicted octanol–water partition coefficient (Wildman–Crippen LogP) is 4.46. The monoisotopic (exact) mass is 533 g/mol. The first-order valence-electron chi connectivity index (χ1n) is 9.43. The Hall–Kier alpha value is -1.81. The molecule has 0 fully saturated rings. The number of anilines is 1. The van der Waals surface area contributed by atoms with Gasteiger partial charge >= 0.3 is 0 Å². The number of halogens is 2. The number of carbonyl (C=O) groups excluding carboxylic acids is 1. The van der Waals surface area contributed by atoms with Gasteiger partial charge in [0.25, 0.3) is 0 Å². The summed E-state index contributed by atoms with van der Waals surface area (Å²) in [4.78, 5) is 16.7. The van der Waals surface area contributed by atoms with Crippen LogP contribution < -0.4 is 16.0 Å². The van der Waals surface area contributed by atoms with Gasteiger partial charge in [-0.25, -0.2) is 4.99 Å². The van der Waals surface area contributed by atoms with Crippen LogP contribution in [0.5, 0.6) is 0 Å². The lowest BCUT2D eigenvalue weighted by Crippen LogP contribution is -2.38. The van der Waals surface area contributed by atoms with Gasteiger partial charge in [0.05, 0.1) is 5.69 Å². The van der Waals surface area contributed by atoms with Crippen LogP contribution in [0.3, 0.4) is 0 Å². The average Bonchev–Trinajstić information content (AvgIpc) is 3.13. The van der Waals surface area contributed by atoms with Gasteiger partial charge in [-0.15, -0.1) is 24.0 Å². The highest BCUT2D eigenvalue weighted by molar-refractivity contribution is 14.0. The van der Waals surface area contributed by atoms with Crippen LogP contribution in [0.15, 0.2) is 33.8 Å². The minimum Gasteiger partial charge on any atom is -0.359 e. The Kier molecular flexibility index (Phi) is 11.0. The van der Waals surface area contributed by atoms with Crippen LogP contribution in [0.1, 0.15) is 50.1 Å². The van der Waals surface area contributed by atoms with Crippen molar-refractivity contribution in [3.8, 4) is 0 Å². The Morgan fingerprint density at radius 2 is 2.07 bits per heavy atom. The predicted molar refractivity (Wildman–Crippen MR) is 128 cm³/mol. The number of amides is 1. The first-order valence-corrected chi connectivity index (χ1v) is 9.81. The Bertz CT molecular complexity index is 823. The molecule has 1 amide bonds. The highest BCUT2D eigenvalue weighted by atomic mass is 127. The normalized spacial score (nSPS) is 11.2. The molecule has 0 aliphatic rings. The minimum absolute atomic E-state index is 0. The minimum atomic E-state index is -0.0921. The lowest BCUT2D eigenvalue weighted by molar-refractivity contribution is -0.116. The van der Waals surface area contributed by atoms with Gasteiger partial charge in [0.2, 0.25) is 5.91 Å². The van der Waals surface area contributed by atoms with E-state index in [9.17, 15) is 4.79 Å². The summed E-state index contributed by atoms with van der Waals surface area (Å²) in [6.07, 6.45) is 0.302. The molecule has 160 valence electrons. The number of nitrogens with one attached hydrogen (secondary N) is 3. The molecule has 1 aromatic heterocycles. The maximum absolute atomic E-state index is 12.2. The van der Waals surface area contributed by atoms with E-state index in [-0.39, 0.29) is 29.9 Å². The van der Waals surface area contributed by atoms with Crippen molar-refractivity contribution in [1.29, 1.82) is 0 Å². The summed E-state index contributed by atoms with van der Waals surface area (Å²) >= 11 is 6.08. The van der Waals surface area contributed by atoms with Gasteiger partial charge in [-0.05, 0) is 37.5 Å². The number of rotatable bonds is 8. The van der Waals surface area contributed by atoms with Crippen LogP contribution in [0.2, 0.25) is 5.02 Å². The quantitative estimate of drug-likeness (QED) is 0.265. The molecule has 2 aromatic rings. The Morgan fingerprint density at radius 1 is 1.31 bits per heavy atom. The van der Waals surface area contributed by atoms with Crippen LogP contribution in [-0.4, -0.2) is 30.1 Å². The molecule has 0 atom stereocenters. The third kappa shape index (κ3) is 8.22. The van der Waals surface area contributed by atoms with Crippen molar-refractivity contribution in [3.63, 3.8) is 0 Å². The van der Waals surface area contributed by atoms with Crippen LogP contribution in [0, 0.1) is 6.92 Å². The highest BCUT2D eigenvalue weighted by Gasteiger charge is 2.09. The second-order valence-electron chi connectivity index (χ2n) is 6.71. The van der Waals surface area contributed by atoms with E-state index in [1.54, 1.807) is 6.07 Å². The van der Waals surface area contributed by atoms with Crippen LogP contribution >= 0.6 is 35.6 Å². The third-order valence-electron chi connectivity index (χ3n) is 4.09. The molecule has 1 heterocycles. The number of aliphatic imine (C=N–C) groups is 1. The molecule has 0 aliphatic heterocycles. The second kappa shape index (κ2) is 12.7. The summed E-state index contributed by atoms with van der Waals surface area (Å²) < 4.78 is 5.30. The van der Waals surface area contributed by atoms with Crippen molar-refractivity contribution in [2.75, 3.05) is 18.4 Å². The topological polar surface area (TPSA) is 91.6 Å². The molecule has 3 N–H and O–H groups in total. The molecule has 0 radical (unpaired) electrons. The summed E-state index contributed by atoms with van der Waals surface area (Å²) in [5.41, 5.74) is 2.49. The molecule has 0 unspecified atom stereocenters. The molecule has 0 bridgehead atoms. The molecule has 29 heavy (non-hydrogen) atoms. The zero-order chi connectivity index (χ0) is 20.5. The van der Waals surface area contributed by atoms with E-state index in [1.807, 2.05) is 32.0 Å². The van der Waals surface area contributed by atoms with Gasteiger partial charge in [0.15, 0.2) is 11.7 Å². The summed E-state index contributed by atoms with van der Waals surface area (Å²) in [6.45, 7) is 9.53. The molecule has 2 rings (SSSR count). The summed E-state index contributed by atoms with van der Waals surface area (Å²) in [7, 11) is 0. The standard InChI is InChI=1S/C20H28ClN5O2.HI/c1-5-22-20(24-12-15-11-18(13(2)3)26-28-15)23-10-9-19(27)25-17-8-6-7-16(21)14(17)4;/h6-8,11,13H,5,9-10,12H2,1-4H3,(H,25,27)(H2,22,23,24);1H. The zero-order valence-corrected chi connectivity index (χ0v) is 20.3. The highest BCUT2D eigenvalue weighted by Crippen LogP contribution is 2.22. The van der Waals surface area contributed by atoms with E-state index in [0.29, 0.717) is 48.7 Å². The smallest absolute Gasteiger partial charge is 0.226 e. The maximum Gasteiger partial charge on any atom is 0.226 e. The van der Waals surface area contributed by atoms with Crippen molar-refractivity contribution in [2.24, 2.45) is 4.99 Å². The molecule has 0 spiro atoms. The summed E-state index contributed by atoms with van der Waals surface area (Å²) in [5.74, 6) is 1.55. The van der Waals surface area contributed by atoms with Gasteiger partial charge in [-0.2, -0.15) is 0 Å². The van der Waals surface area contributed by atoms with Crippen molar-refractivity contribution < 1.29 is 9.32 Å². The molecule has 7 nitrogen and oxygen atoms in total. The van der Waals surface area contributed by atoms with Gasteiger partial charge < -0.3 is 20.5 Å². The van der Waals surface area contributed by atoms with E-state index in [2.05, 4.69) is 39.9 Å². The van der Waals surface area contributed by atoms with E-state index < -0.39 is 0 Å². The first kappa shape index (κ1) is 25.2. The number of hydrogen-bond acceptors (Lipinski definition) is 4. The molecular weight excluding hydrogens is 505 g/mol. The fourth-order valence-electron chi connectivity index (χ4n) is 2.42. The maximum atomic E-state index is 12.2. The molecular formula is C20H29ClIN5O2. The van der Waals surface area contributed by atoms with E-state index in [4.69, 9.17) is 16.1 Å². The lowest BCUT2D eigenvalue weighted by atomic mass is 10.1. The number of hydrogen-bond donors (Lipinski definition) is 3. The SMILES string of the molecule is CCNC(=NCc1cc(C(C)C)no1)NCCC(=O)Nc1cccc(Cl)c1C.I. The molecule has 0 saturated heterocycles. The fourth-order valence-corrected chi connectivity index (χ4v) is 2.60. The van der Waals surface area contributed by atoms with E-state index in [0.717, 1.165) is 16.9 Å². The van der Waals surface area contributed by atoms with Crippen molar-refractivity contribution in [2.45, 2.75) is 46.6 Å². The molecule has 0 aliphatic carbocycles. The van der Waals surface area contributed by atoms with Crippen molar-refractivity contribution in [1.82, 2.24) is 15.8 Å². The van der Waals surface area contributed by atoms with Crippen molar-refractivity contribution >= 4 is 53.1 Å². The average molecular weight is 534 g/mol. The van der Waals surface area contributed by atoms with Gasteiger partial charge in [0, 0.05) is 36.3 Å². The van der Waals surface area contributed by atoms with Crippen molar-refractivity contribution in [3.05, 3.63) is 46.3 Å². The van der Waals surface area contributed by atoms with Gasteiger partial charge in [-0.3, -0.25) is 4.79 Å². The molecule has 9 heteroatoms. The Morgan fingerprint density at radius 3 is 2.72 bits per heavy atom. The number of guanidine groups is 1. The zero-order valence-electron chi connectivity index (χ0n) is 17.2. The van der Waals surface area contributed by atoms with Crippen LogP contribution in [0.25, 0.3) is 0 Å². The third-order valence-corrected chi connectivity index (χ3v) is 4.50. The van der Waals surface area contributed by atoms with Gasteiger partial charge in [0.1, 0.15) is 6.54 Å².